The Bertz CT molecular complexity index is 659. The monoisotopic (exact) mass is 289 g/mol. The molecule has 0 spiro atoms. The van der Waals surface area contributed by atoms with E-state index >= 15 is 0 Å². The van der Waals surface area contributed by atoms with Crippen molar-refractivity contribution < 1.29 is 14.6 Å². The van der Waals surface area contributed by atoms with Gasteiger partial charge in [-0.2, -0.15) is 0 Å². The highest BCUT2D eigenvalue weighted by atomic mass is 16.5. The SMILES string of the molecule is COC(=O)c1nc(CC2CCCCN2)n2c(O)cccc12. The van der Waals surface area contributed by atoms with Gasteiger partial charge >= 0.3 is 5.97 Å². The highest BCUT2D eigenvalue weighted by Crippen LogP contribution is 2.22. The molecule has 0 aromatic carbocycles. The summed E-state index contributed by atoms with van der Waals surface area (Å²) in [4.78, 5) is 16.3. The molecule has 1 atom stereocenters. The summed E-state index contributed by atoms with van der Waals surface area (Å²) >= 11 is 0. The molecule has 0 amide bonds. The Hall–Kier alpha value is -2.08. The molecule has 2 N–H and O–H groups in total. The lowest BCUT2D eigenvalue weighted by molar-refractivity contribution is 0.0596. The third kappa shape index (κ3) is 2.58. The molecule has 2 aromatic rings. The van der Waals surface area contributed by atoms with Gasteiger partial charge in [-0.3, -0.25) is 4.40 Å². The maximum Gasteiger partial charge on any atom is 0.358 e. The molecule has 1 unspecified atom stereocenters. The number of rotatable bonds is 3. The van der Waals surface area contributed by atoms with Crippen LogP contribution < -0.4 is 5.32 Å². The van der Waals surface area contributed by atoms with Crippen LogP contribution in [0.4, 0.5) is 0 Å². The third-order valence-corrected chi connectivity index (χ3v) is 3.93. The van der Waals surface area contributed by atoms with Crippen LogP contribution in [0.3, 0.4) is 0 Å². The lowest BCUT2D eigenvalue weighted by atomic mass is 10.0. The van der Waals surface area contributed by atoms with Crippen molar-refractivity contribution in [3.63, 3.8) is 0 Å². The number of methoxy groups -OCH3 is 1. The number of carbonyl (C=O) groups excluding carboxylic acids is 1. The van der Waals surface area contributed by atoms with Gasteiger partial charge in [-0.05, 0) is 31.5 Å². The molecule has 3 heterocycles. The summed E-state index contributed by atoms with van der Waals surface area (Å²) in [7, 11) is 1.33. The van der Waals surface area contributed by atoms with Crippen molar-refractivity contribution in [2.75, 3.05) is 13.7 Å². The van der Waals surface area contributed by atoms with Gasteiger partial charge in [0.2, 0.25) is 0 Å². The Morgan fingerprint density at radius 3 is 3.10 bits per heavy atom. The minimum Gasteiger partial charge on any atom is -0.494 e. The van der Waals surface area contributed by atoms with E-state index in [9.17, 15) is 9.90 Å². The van der Waals surface area contributed by atoms with Gasteiger partial charge in [0, 0.05) is 12.5 Å². The van der Waals surface area contributed by atoms with Gasteiger partial charge in [0.15, 0.2) is 11.6 Å². The standard InChI is InChI=1S/C15H19N3O3/c1-21-15(20)14-11-6-4-7-13(19)18(11)12(17-14)9-10-5-2-3-8-16-10/h4,6-7,10,16,19H,2-3,5,8-9H2,1H3. The summed E-state index contributed by atoms with van der Waals surface area (Å²) in [5.74, 6) is 0.282. The first-order valence-electron chi connectivity index (χ1n) is 7.21. The minimum absolute atomic E-state index is 0.0842. The summed E-state index contributed by atoms with van der Waals surface area (Å²) in [6, 6.07) is 5.38. The lowest BCUT2D eigenvalue weighted by Gasteiger charge is -2.22. The first kappa shape index (κ1) is 13.9. The van der Waals surface area contributed by atoms with Crippen molar-refractivity contribution >= 4 is 11.5 Å². The van der Waals surface area contributed by atoms with E-state index in [4.69, 9.17) is 4.74 Å². The van der Waals surface area contributed by atoms with Crippen LogP contribution in [0.1, 0.15) is 35.6 Å². The Kier molecular flexibility index (Phi) is 3.79. The second-order valence-electron chi connectivity index (χ2n) is 5.32. The van der Waals surface area contributed by atoms with Crippen molar-refractivity contribution in [2.45, 2.75) is 31.7 Å². The fourth-order valence-electron chi connectivity index (χ4n) is 2.89. The summed E-state index contributed by atoms with van der Waals surface area (Å²) < 4.78 is 6.40. The van der Waals surface area contributed by atoms with E-state index in [1.54, 1.807) is 22.6 Å². The molecule has 0 saturated carbocycles. The number of hydrogen-bond donors (Lipinski definition) is 2. The average molecular weight is 289 g/mol. The molecule has 1 fully saturated rings. The number of aromatic hydroxyl groups is 1. The topological polar surface area (TPSA) is 75.9 Å². The zero-order chi connectivity index (χ0) is 14.8. The largest absolute Gasteiger partial charge is 0.494 e. The number of aromatic nitrogens is 2. The predicted octanol–water partition coefficient (Wildman–Crippen LogP) is 1.51. The Labute approximate surface area is 122 Å². The summed E-state index contributed by atoms with van der Waals surface area (Å²) in [6.45, 7) is 1.00. The Balaban J connectivity index is 2.02. The second-order valence-corrected chi connectivity index (χ2v) is 5.32. The van der Waals surface area contributed by atoms with Crippen LogP contribution in [-0.2, 0) is 11.2 Å². The van der Waals surface area contributed by atoms with Crippen LogP contribution in [0.15, 0.2) is 18.2 Å². The molecule has 112 valence electrons. The van der Waals surface area contributed by atoms with Gasteiger partial charge in [0.1, 0.15) is 5.82 Å². The summed E-state index contributed by atoms with van der Waals surface area (Å²) in [5.41, 5.74) is 0.826. The van der Waals surface area contributed by atoms with Gasteiger partial charge in [0.05, 0.1) is 12.6 Å². The number of ether oxygens (including phenoxy) is 1. The molecular formula is C15H19N3O3. The molecule has 1 aliphatic heterocycles. The van der Waals surface area contributed by atoms with E-state index in [0.29, 0.717) is 23.8 Å². The molecule has 2 aromatic heterocycles. The first-order chi connectivity index (χ1) is 10.2. The highest BCUT2D eigenvalue weighted by molar-refractivity contribution is 5.95. The van der Waals surface area contributed by atoms with Gasteiger partial charge in [0.25, 0.3) is 0 Å². The highest BCUT2D eigenvalue weighted by Gasteiger charge is 2.22. The molecule has 1 aliphatic rings. The molecule has 3 rings (SSSR count). The van der Waals surface area contributed by atoms with E-state index in [2.05, 4.69) is 10.3 Å². The predicted molar refractivity (Wildman–Crippen MR) is 77.5 cm³/mol. The van der Waals surface area contributed by atoms with Crippen LogP contribution in [0.5, 0.6) is 5.88 Å². The fourth-order valence-corrected chi connectivity index (χ4v) is 2.89. The number of nitrogens with one attached hydrogen (secondary N) is 1. The van der Waals surface area contributed by atoms with Crippen molar-refractivity contribution in [1.82, 2.24) is 14.7 Å². The molecule has 21 heavy (non-hydrogen) atoms. The van der Waals surface area contributed by atoms with Crippen LogP contribution in [0, 0.1) is 0 Å². The number of imidazole rings is 1. The van der Waals surface area contributed by atoms with E-state index in [1.807, 2.05) is 0 Å². The maximum absolute atomic E-state index is 11.8. The number of carbonyl (C=O) groups is 1. The van der Waals surface area contributed by atoms with Crippen LogP contribution in [0.25, 0.3) is 5.52 Å². The Morgan fingerprint density at radius 2 is 2.38 bits per heavy atom. The molecule has 0 bridgehead atoms. The second kappa shape index (κ2) is 5.73. The molecule has 0 aliphatic carbocycles. The van der Waals surface area contributed by atoms with Crippen LogP contribution in [0.2, 0.25) is 0 Å². The first-order valence-corrected chi connectivity index (χ1v) is 7.21. The summed E-state index contributed by atoms with van der Waals surface area (Å²) in [5, 5.41) is 13.6. The number of piperidine rings is 1. The average Bonchev–Trinajstić information content (AvgIpc) is 2.87. The number of nitrogens with zero attached hydrogens (tertiary/aromatic N) is 2. The number of fused-ring (bicyclic) bond motifs is 1. The maximum atomic E-state index is 11.8. The normalized spacial score (nSPS) is 18.8. The molecule has 1 saturated heterocycles. The molecule has 6 nitrogen and oxygen atoms in total. The van der Waals surface area contributed by atoms with Crippen molar-refractivity contribution in [2.24, 2.45) is 0 Å². The smallest absolute Gasteiger partial charge is 0.358 e. The molecule has 6 heteroatoms. The van der Waals surface area contributed by atoms with Crippen LogP contribution in [-0.4, -0.2) is 40.2 Å². The quantitative estimate of drug-likeness (QED) is 0.838. The van der Waals surface area contributed by atoms with E-state index in [-0.39, 0.29) is 11.6 Å². The van der Waals surface area contributed by atoms with Gasteiger partial charge < -0.3 is 15.2 Å². The molecular weight excluding hydrogens is 270 g/mol. The van der Waals surface area contributed by atoms with Gasteiger partial charge in [-0.1, -0.05) is 12.5 Å². The van der Waals surface area contributed by atoms with Crippen molar-refractivity contribution in [3.8, 4) is 5.88 Å². The van der Waals surface area contributed by atoms with Crippen molar-refractivity contribution in [1.29, 1.82) is 0 Å². The zero-order valence-corrected chi connectivity index (χ0v) is 12.0. The summed E-state index contributed by atoms with van der Waals surface area (Å²) in [6.07, 6.45) is 4.14. The minimum atomic E-state index is -0.485. The van der Waals surface area contributed by atoms with E-state index in [0.717, 1.165) is 13.0 Å². The lowest BCUT2D eigenvalue weighted by Crippen LogP contribution is -2.36. The van der Waals surface area contributed by atoms with Crippen LogP contribution >= 0.6 is 0 Å². The molecule has 0 radical (unpaired) electrons. The van der Waals surface area contributed by atoms with E-state index < -0.39 is 5.97 Å². The Morgan fingerprint density at radius 1 is 1.52 bits per heavy atom. The third-order valence-electron chi connectivity index (χ3n) is 3.93. The van der Waals surface area contributed by atoms with E-state index in [1.165, 1.54) is 20.0 Å². The number of hydrogen-bond acceptors (Lipinski definition) is 5. The van der Waals surface area contributed by atoms with Gasteiger partial charge in [-0.15, -0.1) is 0 Å². The zero-order valence-electron chi connectivity index (χ0n) is 12.0. The van der Waals surface area contributed by atoms with Gasteiger partial charge in [-0.25, -0.2) is 9.78 Å². The number of pyridine rings is 1. The fraction of sp³-hybridized carbons (Fsp3) is 0.467. The number of esters is 1. The van der Waals surface area contributed by atoms with Crippen molar-refractivity contribution in [3.05, 3.63) is 29.7 Å².